The summed E-state index contributed by atoms with van der Waals surface area (Å²) in [4.78, 5) is 0. The average Bonchev–Trinajstić information content (AvgIpc) is 3.14. The van der Waals surface area contributed by atoms with Gasteiger partial charge in [0.05, 0.1) is 0 Å². The molecule has 2 aromatic carbocycles. The summed E-state index contributed by atoms with van der Waals surface area (Å²) in [6.45, 7) is 21.6. The van der Waals surface area contributed by atoms with Gasteiger partial charge in [-0.05, 0) is 26.8 Å². The van der Waals surface area contributed by atoms with E-state index in [2.05, 4.69) is 145 Å². The molecule has 0 saturated heterocycles. The number of rotatable bonds is 5. The first kappa shape index (κ1) is 24.0. The molecule has 2 aromatic rings. The second kappa shape index (κ2) is 8.02. The van der Waals surface area contributed by atoms with Gasteiger partial charge in [0.25, 0.3) is 0 Å². The third kappa shape index (κ3) is 4.33. The third-order valence-corrected chi connectivity index (χ3v) is 15.8. The molecule has 0 radical (unpaired) electrons. The third-order valence-electron chi connectivity index (χ3n) is 6.61. The standard InChI is InChI=1S/C28H41NSi2/c1-26(2,3)23-20-21-28(22-23,27(4,5)6)31(29-30(7,8)9,24-16-12-10-13-17-24)25-18-14-11-15-19-25/h10-22,29H,1-9H3. The van der Waals surface area contributed by atoms with Crippen LogP contribution < -0.4 is 15.0 Å². The van der Waals surface area contributed by atoms with E-state index in [0.717, 1.165) is 0 Å². The first-order valence-electron chi connectivity index (χ1n) is 11.6. The van der Waals surface area contributed by atoms with Crippen LogP contribution in [0.15, 0.2) is 84.5 Å². The van der Waals surface area contributed by atoms with E-state index in [1.54, 1.807) is 0 Å². The predicted molar refractivity (Wildman–Crippen MR) is 143 cm³/mol. The Hall–Kier alpha value is -1.69. The van der Waals surface area contributed by atoms with Gasteiger partial charge in [0, 0.05) is 5.04 Å². The fraction of sp³-hybridized carbons (Fsp3) is 0.429. The summed E-state index contributed by atoms with van der Waals surface area (Å²) < 4.78 is 4.45. The van der Waals surface area contributed by atoms with Crippen molar-refractivity contribution >= 4 is 26.8 Å². The Morgan fingerprint density at radius 3 is 1.48 bits per heavy atom. The van der Waals surface area contributed by atoms with E-state index in [0.29, 0.717) is 0 Å². The van der Waals surface area contributed by atoms with Gasteiger partial charge in [0.2, 0.25) is 0 Å². The Morgan fingerprint density at radius 2 is 1.16 bits per heavy atom. The summed E-state index contributed by atoms with van der Waals surface area (Å²) in [6, 6.07) is 22.6. The van der Waals surface area contributed by atoms with Gasteiger partial charge in [-0.1, -0.05) is 140 Å². The van der Waals surface area contributed by atoms with Crippen molar-refractivity contribution < 1.29 is 0 Å². The molecule has 31 heavy (non-hydrogen) atoms. The fourth-order valence-corrected chi connectivity index (χ4v) is 16.1. The molecular formula is C28H41NSi2. The van der Waals surface area contributed by atoms with Crippen LogP contribution in [-0.2, 0) is 0 Å². The summed E-state index contributed by atoms with van der Waals surface area (Å²) in [5, 5.41) is 2.84. The first-order chi connectivity index (χ1) is 14.2. The molecule has 0 fully saturated rings. The quantitative estimate of drug-likeness (QED) is 0.516. The minimum Gasteiger partial charge on any atom is -0.352 e. The van der Waals surface area contributed by atoms with Crippen LogP contribution in [0.5, 0.6) is 0 Å². The van der Waals surface area contributed by atoms with E-state index in [9.17, 15) is 0 Å². The lowest BCUT2D eigenvalue weighted by molar-refractivity contribution is 0.348. The van der Waals surface area contributed by atoms with Gasteiger partial charge < -0.3 is 4.65 Å². The van der Waals surface area contributed by atoms with Crippen LogP contribution in [0, 0.1) is 10.8 Å². The molecule has 1 N–H and O–H groups in total. The van der Waals surface area contributed by atoms with Crippen molar-refractivity contribution in [3.05, 3.63) is 84.5 Å². The lowest BCUT2D eigenvalue weighted by Gasteiger charge is -2.55. The lowest BCUT2D eigenvalue weighted by atomic mass is 9.79. The molecule has 1 aliphatic carbocycles. The van der Waals surface area contributed by atoms with E-state index in [4.69, 9.17) is 0 Å². The SMILES string of the molecule is CC(C)(C)C1=CC(C(C)(C)C)([Si](N[Si](C)(C)C)(c2ccccc2)c2ccccc2)C=C1. The molecular weight excluding hydrogens is 406 g/mol. The summed E-state index contributed by atoms with van der Waals surface area (Å²) in [6.07, 6.45) is 7.63. The zero-order chi connectivity index (χ0) is 23.1. The van der Waals surface area contributed by atoms with E-state index in [1.165, 1.54) is 15.9 Å². The predicted octanol–water partition coefficient (Wildman–Crippen LogP) is 6.50. The van der Waals surface area contributed by atoms with Crippen LogP contribution in [0.1, 0.15) is 41.5 Å². The first-order valence-corrected chi connectivity index (χ1v) is 17.1. The highest BCUT2D eigenvalue weighted by atomic mass is 28.4. The van der Waals surface area contributed by atoms with Crippen molar-refractivity contribution in [1.29, 1.82) is 0 Å². The normalized spacial score (nSPS) is 20.1. The maximum Gasteiger partial charge on any atom is 0.197 e. The van der Waals surface area contributed by atoms with Crippen LogP contribution in [0.2, 0.25) is 24.7 Å². The molecule has 3 rings (SSSR count). The zero-order valence-corrected chi connectivity index (χ0v) is 23.0. The molecule has 0 spiro atoms. The van der Waals surface area contributed by atoms with Gasteiger partial charge >= 0.3 is 0 Å². The molecule has 0 amide bonds. The monoisotopic (exact) mass is 447 g/mol. The second-order valence-corrected chi connectivity index (χ2v) is 21.1. The van der Waals surface area contributed by atoms with Gasteiger partial charge in [0.1, 0.15) is 8.24 Å². The molecule has 0 heterocycles. The van der Waals surface area contributed by atoms with E-state index in [-0.39, 0.29) is 15.9 Å². The minimum atomic E-state index is -2.51. The maximum absolute atomic E-state index is 4.45. The summed E-state index contributed by atoms with van der Waals surface area (Å²) >= 11 is 0. The van der Waals surface area contributed by atoms with Crippen LogP contribution in [0.4, 0.5) is 0 Å². The molecule has 1 atom stereocenters. The van der Waals surface area contributed by atoms with E-state index in [1.807, 2.05) is 0 Å². The number of nitrogens with one attached hydrogen (secondary N) is 1. The summed E-state index contributed by atoms with van der Waals surface area (Å²) in [5.41, 5.74) is 1.61. The summed E-state index contributed by atoms with van der Waals surface area (Å²) in [5.74, 6) is 0. The van der Waals surface area contributed by atoms with Crippen molar-refractivity contribution in [2.45, 2.75) is 66.2 Å². The number of hydrogen-bond donors (Lipinski definition) is 1. The van der Waals surface area contributed by atoms with Crippen LogP contribution in [0.25, 0.3) is 0 Å². The number of hydrogen-bond acceptors (Lipinski definition) is 1. The average molecular weight is 448 g/mol. The minimum absolute atomic E-state index is 0.0427. The lowest BCUT2D eigenvalue weighted by Crippen LogP contribution is -2.80. The van der Waals surface area contributed by atoms with Crippen molar-refractivity contribution in [2.24, 2.45) is 10.8 Å². The molecule has 0 bridgehead atoms. The zero-order valence-electron chi connectivity index (χ0n) is 21.0. The Labute approximate surface area is 192 Å². The van der Waals surface area contributed by atoms with E-state index >= 15 is 0 Å². The highest BCUT2D eigenvalue weighted by Gasteiger charge is 2.61. The molecule has 1 unspecified atom stereocenters. The van der Waals surface area contributed by atoms with Gasteiger partial charge in [-0.3, -0.25) is 0 Å². The molecule has 1 nitrogen and oxygen atoms in total. The Kier molecular flexibility index (Phi) is 6.20. The van der Waals surface area contributed by atoms with Crippen LogP contribution in [0.3, 0.4) is 0 Å². The molecule has 166 valence electrons. The molecule has 0 aliphatic heterocycles. The Bertz CT molecular complexity index is 915. The molecule has 1 aliphatic rings. The fourth-order valence-electron chi connectivity index (χ4n) is 5.12. The number of allylic oxidation sites excluding steroid dienone is 4. The van der Waals surface area contributed by atoms with Gasteiger partial charge in [-0.2, -0.15) is 0 Å². The summed E-state index contributed by atoms with van der Waals surface area (Å²) in [7, 11) is -4.18. The van der Waals surface area contributed by atoms with Gasteiger partial charge in [0.15, 0.2) is 8.24 Å². The Morgan fingerprint density at radius 1 is 0.710 bits per heavy atom. The van der Waals surface area contributed by atoms with Crippen LogP contribution in [-0.4, -0.2) is 16.5 Å². The van der Waals surface area contributed by atoms with Crippen molar-refractivity contribution in [3.63, 3.8) is 0 Å². The van der Waals surface area contributed by atoms with Crippen molar-refractivity contribution in [2.75, 3.05) is 0 Å². The van der Waals surface area contributed by atoms with Gasteiger partial charge in [-0.15, -0.1) is 0 Å². The molecule has 0 aromatic heterocycles. The van der Waals surface area contributed by atoms with Crippen molar-refractivity contribution in [1.82, 2.24) is 4.65 Å². The smallest absolute Gasteiger partial charge is 0.197 e. The van der Waals surface area contributed by atoms with Crippen molar-refractivity contribution in [3.8, 4) is 0 Å². The highest BCUT2D eigenvalue weighted by Crippen LogP contribution is 2.58. The van der Waals surface area contributed by atoms with E-state index < -0.39 is 16.5 Å². The second-order valence-electron chi connectivity index (χ2n) is 12.2. The highest BCUT2D eigenvalue weighted by molar-refractivity contribution is 7.09. The largest absolute Gasteiger partial charge is 0.352 e. The van der Waals surface area contributed by atoms with Gasteiger partial charge in [-0.25, -0.2) is 0 Å². The number of benzene rings is 2. The molecule has 0 saturated carbocycles. The Balaban J connectivity index is 2.50. The van der Waals surface area contributed by atoms with Crippen LogP contribution >= 0.6 is 0 Å². The maximum atomic E-state index is 4.45. The topological polar surface area (TPSA) is 12.0 Å². The molecule has 3 heteroatoms.